The van der Waals surface area contributed by atoms with Gasteiger partial charge in [-0.1, -0.05) is 24.3 Å². The molecule has 1 aliphatic rings. The summed E-state index contributed by atoms with van der Waals surface area (Å²) >= 11 is 0. The Kier molecular flexibility index (Phi) is 7.14. The molecule has 1 atom stereocenters. The quantitative estimate of drug-likeness (QED) is 0.349. The van der Waals surface area contributed by atoms with E-state index in [1.54, 1.807) is 31.6 Å². The molecule has 2 heterocycles. The van der Waals surface area contributed by atoms with Crippen molar-refractivity contribution in [1.82, 2.24) is 10.3 Å². The van der Waals surface area contributed by atoms with Crippen LogP contribution >= 0.6 is 0 Å². The van der Waals surface area contributed by atoms with E-state index in [0.717, 1.165) is 43.1 Å². The fourth-order valence-electron chi connectivity index (χ4n) is 4.88. The van der Waals surface area contributed by atoms with Gasteiger partial charge in [0.05, 0.1) is 7.11 Å². The molecule has 0 spiro atoms. The van der Waals surface area contributed by atoms with Crippen LogP contribution in [0.15, 0.2) is 85.2 Å². The van der Waals surface area contributed by atoms with Crippen molar-refractivity contribution in [3.05, 3.63) is 96.3 Å². The first-order chi connectivity index (χ1) is 17.6. The van der Waals surface area contributed by atoms with Crippen molar-refractivity contribution in [1.29, 1.82) is 0 Å². The van der Waals surface area contributed by atoms with Crippen LogP contribution in [0.2, 0.25) is 0 Å². The molecule has 0 bridgehead atoms. The molecule has 6 nitrogen and oxygen atoms in total. The summed E-state index contributed by atoms with van der Waals surface area (Å²) in [6.45, 7) is 4.19. The number of nitrogens with one attached hydrogen (secondary N) is 2. The van der Waals surface area contributed by atoms with Gasteiger partial charge in [0.25, 0.3) is 5.91 Å². The van der Waals surface area contributed by atoms with Gasteiger partial charge in [-0.25, -0.2) is 0 Å². The van der Waals surface area contributed by atoms with Crippen molar-refractivity contribution in [2.24, 2.45) is 0 Å². The van der Waals surface area contributed by atoms with Crippen LogP contribution in [0.4, 0.5) is 11.4 Å². The molecule has 1 saturated heterocycles. The first kappa shape index (κ1) is 23.8. The van der Waals surface area contributed by atoms with Gasteiger partial charge in [0.2, 0.25) is 0 Å². The SMILES string of the molecule is COc1ccc2cc(C(C)NC3CCN(c4cccc(NC(=O)c5ccncc5)c4)CC3)ccc2c1. The predicted molar refractivity (Wildman–Crippen MR) is 146 cm³/mol. The summed E-state index contributed by atoms with van der Waals surface area (Å²) in [5.74, 6) is 0.758. The monoisotopic (exact) mass is 480 g/mol. The first-order valence-electron chi connectivity index (χ1n) is 12.5. The molecule has 1 aliphatic heterocycles. The van der Waals surface area contributed by atoms with E-state index in [-0.39, 0.29) is 11.9 Å². The van der Waals surface area contributed by atoms with Crippen molar-refractivity contribution < 1.29 is 9.53 Å². The van der Waals surface area contributed by atoms with Crippen molar-refractivity contribution in [3.8, 4) is 5.75 Å². The summed E-state index contributed by atoms with van der Waals surface area (Å²) in [6.07, 6.45) is 5.40. The third kappa shape index (κ3) is 5.50. The van der Waals surface area contributed by atoms with Gasteiger partial charge in [-0.2, -0.15) is 0 Å². The lowest BCUT2D eigenvalue weighted by Gasteiger charge is -2.35. The molecule has 2 N–H and O–H groups in total. The summed E-state index contributed by atoms with van der Waals surface area (Å²) in [4.78, 5) is 18.9. The Morgan fingerprint density at radius 3 is 2.50 bits per heavy atom. The van der Waals surface area contributed by atoms with Gasteiger partial charge < -0.3 is 20.3 Å². The van der Waals surface area contributed by atoms with E-state index in [2.05, 4.69) is 69.9 Å². The number of nitrogens with zero attached hydrogens (tertiary/aromatic N) is 2. The summed E-state index contributed by atoms with van der Waals surface area (Å²) in [5.41, 5.74) is 3.84. The molecule has 0 aliphatic carbocycles. The lowest BCUT2D eigenvalue weighted by Crippen LogP contribution is -2.43. The van der Waals surface area contributed by atoms with Crippen molar-refractivity contribution in [2.45, 2.75) is 31.8 Å². The Morgan fingerprint density at radius 1 is 0.972 bits per heavy atom. The fraction of sp³-hybridized carbons (Fsp3) is 0.267. The van der Waals surface area contributed by atoms with Gasteiger partial charge in [0, 0.05) is 54.5 Å². The first-order valence-corrected chi connectivity index (χ1v) is 12.5. The smallest absolute Gasteiger partial charge is 0.255 e. The zero-order valence-corrected chi connectivity index (χ0v) is 20.8. The summed E-state index contributed by atoms with van der Waals surface area (Å²) in [5, 5.41) is 9.26. The minimum atomic E-state index is -0.126. The second-order valence-electron chi connectivity index (χ2n) is 9.36. The van der Waals surface area contributed by atoms with Crippen molar-refractivity contribution >= 4 is 28.1 Å². The number of amides is 1. The van der Waals surface area contributed by atoms with Gasteiger partial charge in [-0.05, 0) is 84.6 Å². The largest absolute Gasteiger partial charge is 0.497 e. The number of hydrogen-bond donors (Lipinski definition) is 2. The van der Waals surface area contributed by atoms with E-state index in [1.807, 2.05) is 18.2 Å². The predicted octanol–water partition coefficient (Wildman–Crippen LogP) is 5.82. The Morgan fingerprint density at radius 2 is 1.72 bits per heavy atom. The number of carbonyl (C=O) groups excluding carboxylic acids is 1. The maximum atomic E-state index is 12.5. The average molecular weight is 481 g/mol. The molecule has 184 valence electrons. The maximum Gasteiger partial charge on any atom is 0.255 e. The number of carbonyl (C=O) groups is 1. The number of ether oxygens (including phenoxy) is 1. The topological polar surface area (TPSA) is 66.5 Å². The molecule has 1 aromatic heterocycles. The zero-order valence-electron chi connectivity index (χ0n) is 20.8. The second kappa shape index (κ2) is 10.8. The molecule has 1 amide bonds. The minimum Gasteiger partial charge on any atom is -0.497 e. The molecule has 1 fully saturated rings. The Balaban J connectivity index is 1.17. The van der Waals surface area contributed by atoms with Crippen molar-refractivity contribution in [2.75, 3.05) is 30.4 Å². The third-order valence-electron chi connectivity index (χ3n) is 6.96. The number of benzene rings is 3. The molecule has 36 heavy (non-hydrogen) atoms. The van der Waals surface area contributed by atoms with Crippen LogP contribution in [-0.4, -0.2) is 37.1 Å². The van der Waals surface area contributed by atoms with Gasteiger partial charge in [0.15, 0.2) is 0 Å². The Bertz CT molecular complexity index is 1330. The number of piperidine rings is 1. The molecule has 4 aromatic rings. The average Bonchev–Trinajstić information content (AvgIpc) is 2.93. The minimum absolute atomic E-state index is 0.126. The van der Waals surface area contributed by atoms with E-state index >= 15 is 0 Å². The number of aromatic nitrogens is 1. The fourth-order valence-corrected chi connectivity index (χ4v) is 4.88. The highest BCUT2D eigenvalue weighted by atomic mass is 16.5. The highest BCUT2D eigenvalue weighted by molar-refractivity contribution is 6.04. The highest BCUT2D eigenvalue weighted by Crippen LogP contribution is 2.27. The standard InChI is InChI=1S/C30H32N4O2/c1-21(23-6-7-25-19-29(36-2)9-8-24(25)18-23)32-26-12-16-34(17-13-26)28-5-3-4-27(20-28)33-30(35)22-10-14-31-15-11-22/h3-11,14-15,18-21,26,32H,12-13,16-17H2,1-2H3,(H,33,35). The molecule has 1 unspecified atom stereocenters. The highest BCUT2D eigenvalue weighted by Gasteiger charge is 2.21. The molecular formula is C30H32N4O2. The summed E-state index contributed by atoms with van der Waals surface area (Å²) < 4.78 is 5.35. The van der Waals surface area contributed by atoms with Crippen LogP contribution in [0.25, 0.3) is 10.8 Å². The van der Waals surface area contributed by atoms with Gasteiger partial charge in [-0.3, -0.25) is 9.78 Å². The number of fused-ring (bicyclic) bond motifs is 1. The zero-order chi connectivity index (χ0) is 24.9. The molecule has 3 aromatic carbocycles. The van der Waals surface area contributed by atoms with Crippen molar-refractivity contribution in [3.63, 3.8) is 0 Å². The van der Waals surface area contributed by atoms with Gasteiger partial charge in [0.1, 0.15) is 5.75 Å². The molecule has 5 rings (SSSR count). The lowest BCUT2D eigenvalue weighted by atomic mass is 9.99. The molecular weight excluding hydrogens is 448 g/mol. The number of hydrogen-bond acceptors (Lipinski definition) is 5. The molecule has 6 heteroatoms. The van der Waals surface area contributed by atoms with E-state index < -0.39 is 0 Å². The normalized spacial score (nSPS) is 15.0. The van der Waals surface area contributed by atoms with E-state index in [9.17, 15) is 4.79 Å². The van der Waals surface area contributed by atoms with E-state index in [4.69, 9.17) is 4.74 Å². The number of anilines is 2. The summed E-state index contributed by atoms with van der Waals surface area (Å²) in [6, 6.07) is 25.1. The maximum absolute atomic E-state index is 12.5. The van der Waals surface area contributed by atoms with E-state index in [0.29, 0.717) is 11.6 Å². The summed E-state index contributed by atoms with van der Waals surface area (Å²) in [7, 11) is 1.70. The number of rotatable bonds is 7. The van der Waals surface area contributed by atoms with Gasteiger partial charge in [-0.15, -0.1) is 0 Å². The Hall–Kier alpha value is -3.90. The van der Waals surface area contributed by atoms with E-state index in [1.165, 1.54) is 16.3 Å². The molecule has 0 saturated carbocycles. The van der Waals surface area contributed by atoms with Crippen LogP contribution in [-0.2, 0) is 0 Å². The molecule has 0 radical (unpaired) electrons. The number of methoxy groups -OCH3 is 1. The van der Waals surface area contributed by atoms with Gasteiger partial charge >= 0.3 is 0 Å². The van der Waals surface area contributed by atoms with Crippen LogP contribution in [0.1, 0.15) is 41.7 Å². The van der Waals surface area contributed by atoms with Crippen LogP contribution in [0.3, 0.4) is 0 Å². The van der Waals surface area contributed by atoms with Crippen LogP contribution in [0.5, 0.6) is 5.75 Å². The lowest BCUT2D eigenvalue weighted by molar-refractivity contribution is 0.102. The van der Waals surface area contributed by atoms with Crippen LogP contribution in [0, 0.1) is 0 Å². The third-order valence-corrected chi connectivity index (χ3v) is 6.96. The second-order valence-corrected chi connectivity index (χ2v) is 9.36. The van der Waals surface area contributed by atoms with Crippen LogP contribution < -0.4 is 20.3 Å². The Labute approximate surface area is 212 Å². The number of pyridine rings is 1.